The van der Waals surface area contributed by atoms with Crippen LogP contribution in [0.4, 0.5) is 0 Å². The van der Waals surface area contributed by atoms with Crippen molar-refractivity contribution in [2.45, 2.75) is 17.7 Å². The van der Waals surface area contributed by atoms with Crippen molar-refractivity contribution in [1.82, 2.24) is 14.3 Å². The van der Waals surface area contributed by atoms with Crippen molar-refractivity contribution in [3.05, 3.63) is 68.2 Å². The first-order valence-corrected chi connectivity index (χ1v) is 11.2. The van der Waals surface area contributed by atoms with Gasteiger partial charge in [0.1, 0.15) is 12.1 Å². The molecular weight excluding hydrogens is 526 g/mol. The van der Waals surface area contributed by atoms with E-state index in [1.807, 2.05) is 36.4 Å². The molecule has 0 atom stereocenters. The maximum absolute atomic E-state index is 12.6. The van der Waals surface area contributed by atoms with Crippen molar-refractivity contribution in [2.75, 3.05) is 13.2 Å². The fourth-order valence-corrected chi connectivity index (χ4v) is 4.09. The smallest absolute Gasteiger partial charge is 0.351 e. The van der Waals surface area contributed by atoms with E-state index in [1.165, 1.54) is 27.3 Å². The zero-order valence-electron chi connectivity index (χ0n) is 15.4. The number of benzene rings is 2. The fraction of sp³-hybridized carbons (Fsp3) is 0.211. The van der Waals surface area contributed by atoms with E-state index in [2.05, 4.69) is 37.0 Å². The average molecular weight is 543 g/mol. The fourth-order valence-electron chi connectivity index (χ4n) is 2.37. The summed E-state index contributed by atoms with van der Waals surface area (Å²) >= 11 is 8.27. The van der Waals surface area contributed by atoms with Crippen LogP contribution in [0.25, 0.3) is 5.69 Å². The van der Waals surface area contributed by atoms with Crippen molar-refractivity contribution in [1.29, 1.82) is 0 Å². The van der Waals surface area contributed by atoms with Gasteiger partial charge in [0.2, 0.25) is 0 Å². The number of aromatic nitrogens is 3. The molecule has 0 saturated carbocycles. The molecule has 0 unspecified atom stereocenters. The van der Waals surface area contributed by atoms with Gasteiger partial charge in [-0.1, -0.05) is 15.9 Å². The number of carbonyl (C=O) groups is 1. The maximum Gasteiger partial charge on any atom is 0.351 e. The molecule has 152 valence electrons. The summed E-state index contributed by atoms with van der Waals surface area (Å²) in [7, 11) is 0. The summed E-state index contributed by atoms with van der Waals surface area (Å²) in [6.07, 6.45) is 1.51. The Hall–Kier alpha value is -2.04. The molecule has 3 rings (SSSR count). The van der Waals surface area contributed by atoms with E-state index in [4.69, 9.17) is 9.47 Å². The van der Waals surface area contributed by atoms with Crippen LogP contribution in [0, 0.1) is 0 Å². The van der Waals surface area contributed by atoms with Crippen LogP contribution < -0.4 is 10.4 Å². The van der Waals surface area contributed by atoms with Gasteiger partial charge in [0, 0.05) is 9.37 Å². The van der Waals surface area contributed by atoms with Gasteiger partial charge in [0.05, 0.1) is 22.6 Å². The van der Waals surface area contributed by atoms with Crippen molar-refractivity contribution < 1.29 is 14.3 Å². The van der Waals surface area contributed by atoms with Crippen LogP contribution in [0.15, 0.2) is 67.4 Å². The summed E-state index contributed by atoms with van der Waals surface area (Å²) in [5.41, 5.74) is 0.536. The van der Waals surface area contributed by atoms with Gasteiger partial charge in [-0.05, 0) is 65.3 Å². The summed E-state index contributed by atoms with van der Waals surface area (Å²) in [5, 5.41) is 4.18. The lowest BCUT2D eigenvalue weighted by molar-refractivity contribution is -0.145. The Morgan fingerprint density at radius 1 is 1.17 bits per heavy atom. The summed E-state index contributed by atoms with van der Waals surface area (Å²) in [4.78, 5) is 24.9. The topological polar surface area (TPSA) is 75.3 Å². The Labute approximate surface area is 188 Å². The van der Waals surface area contributed by atoms with E-state index < -0.39 is 5.97 Å². The van der Waals surface area contributed by atoms with Crippen molar-refractivity contribution in [3.63, 3.8) is 0 Å². The molecular formula is C19H17Br2N3O4S. The Bertz CT molecular complexity index is 1050. The highest BCUT2D eigenvalue weighted by atomic mass is 79.9. The first-order chi connectivity index (χ1) is 14.0. The molecule has 0 bridgehead atoms. The molecule has 29 heavy (non-hydrogen) atoms. The lowest BCUT2D eigenvalue weighted by Gasteiger charge is -2.09. The molecule has 1 heterocycles. The third-order valence-corrected chi connectivity index (χ3v) is 5.86. The van der Waals surface area contributed by atoms with E-state index in [1.54, 1.807) is 13.0 Å². The maximum atomic E-state index is 12.6. The zero-order chi connectivity index (χ0) is 20.8. The monoisotopic (exact) mass is 541 g/mol. The highest BCUT2D eigenvalue weighted by Gasteiger charge is 2.10. The van der Waals surface area contributed by atoms with Crippen LogP contribution >= 0.6 is 43.6 Å². The summed E-state index contributed by atoms with van der Waals surface area (Å²) in [6, 6.07) is 12.9. The molecule has 7 nitrogen and oxygen atoms in total. The lowest BCUT2D eigenvalue weighted by atomic mass is 10.3. The molecule has 2 aromatic carbocycles. The van der Waals surface area contributed by atoms with Crippen LogP contribution in [0.3, 0.4) is 0 Å². The standard InChI is InChI=1S/C19H17Br2N3O4S/c1-2-27-18(25)10-28-17-8-7-15(9-16(17)21)29-12-24-19(26)23(11-22-24)14-5-3-13(20)4-6-14/h3-9,11H,2,10,12H2,1H3. The van der Waals surface area contributed by atoms with Gasteiger partial charge in [-0.2, -0.15) is 5.10 Å². The van der Waals surface area contributed by atoms with E-state index in [0.717, 1.165) is 15.1 Å². The average Bonchev–Trinajstić information content (AvgIpc) is 3.07. The molecule has 0 N–H and O–H groups in total. The molecule has 0 aliphatic carbocycles. The minimum absolute atomic E-state index is 0.151. The van der Waals surface area contributed by atoms with Crippen LogP contribution in [0.1, 0.15) is 6.92 Å². The predicted molar refractivity (Wildman–Crippen MR) is 118 cm³/mol. The molecule has 0 radical (unpaired) electrons. The minimum atomic E-state index is -0.418. The SMILES string of the molecule is CCOC(=O)COc1ccc(SCn2ncn(-c3ccc(Br)cc3)c2=O)cc1Br. The summed E-state index contributed by atoms with van der Waals surface area (Å²) < 4.78 is 14.8. The van der Waals surface area contributed by atoms with Gasteiger partial charge in [-0.3, -0.25) is 0 Å². The van der Waals surface area contributed by atoms with Crippen LogP contribution in [0.2, 0.25) is 0 Å². The number of halogens is 2. The highest BCUT2D eigenvalue weighted by molar-refractivity contribution is 9.10. The van der Waals surface area contributed by atoms with Crippen LogP contribution in [-0.4, -0.2) is 33.5 Å². The minimum Gasteiger partial charge on any atom is -0.481 e. The molecule has 1 aromatic heterocycles. The zero-order valence-corrected chi connectivity index (χ0v) is 19.4. The molecule has 0 aliphatic heterocycles. The molecule has 0 aliphatic rings. The van der Waals surface area contributed by atoms with Crippen LogP contribution in [-0.2, 0) is 15.4 Å². The highest BCUT2D eigenvalue weighted by Crippen LogP contribution is 2.30. The van der Waals surface area contributed by atoms with E-state index in [0.29, 0.717) is 22.7 Å². The quantitative estimate of drug-likeness (QED) is 0.313. The van der Waals surface area contributed by atoms with E-state index >= 15 is 0 Å². The first kappa shape index (κ1) is 21.7. The van der Waals surface area contributed by atoms with E-state index in [9.17, 15) is 9.59 Å². The number of esters is 1. The van der Waals surface area contributed by atoms with Gasteiger partial charge in [0.25, 0.3) is 0 Å². The van der Waals surface area contributed by atoms with Crippen molar-refractivity contribution in [3.8, 4) is 11.4 Å². The molecule has 0 fully saturated rings. The van der Waals surface area contributed by atoms with Crippen molar-refractivity contribution >= 4 is 49.6 Å². The van der Waals surface area contributed by atoms with Crippen LogP contribution in [0.5, 0.6) is 5.75 Å². The number of rotatable bonds is 8. The molecule has 3 aromatic rings. The molecule has 0 spiro atoms. The second-order valence-electron chi connectivity index (χ2n) is 5.72. The number of nitrogens with zero attached hydrogens (tertiary/aromatic N) is 3. The second kappa shape index (κ2) is 10.1. The number of carbonyl (C=O) groups excluding carboxylic acids is 1. The second-order valence-corrected chi connectivity index (χ2v) is 8.51. The van der Waals surface area contributed by atoms with Gasteiger partial charge in [-0.15, -0.1) is 11.8 Å². The number of hydrogen-bond donors (Lipinski definition) is 0. The first-order valence-electron chi connectivity index (χ1n) is 8.59. The summed E-state index contributed by atoms with van der Waals surface area (Å²) in [6.45, 7) is 1.91. The van der Waals surface area contributed by atoms with Gasteiger partial charge >= 0.3 is 11.7 Å². The summed E-state index contributed by atoms with van der Waals surface area (Å²) in [5.74, 6) is 0.482. The number of thioether (sulfide) groups is 1. The number of hydrogen-bond acceptors (Lipinski definition) is 6. The lowest BCUT2D eigenvalue weighted by Crippen LogP contribution is -2.23. The molecule has 0 amide bonds. The Balaban J connectivity index is 1.63. The van der Waals surface area contributed by atoms with Crippen molar-refractivity contribution in [2.24, 2.45) is 0 Å². The van der Waals surface area contributed by atoms with E-state index in [-0.39, 0.29) is 12.3 Å². The number of ether oxygens (including phenoxy) is 2. The normalized spacial score (nSPS) is 10.7. The Morgan fingerprint density at radius 2 is 1.93 bits per heavy atom. The predicted octanol–water partition coefficient (Wildman–Crippen LogP) is 4.25. The third-order valence-electron chi connectivity index (χ3n) is 3.75. The van der Waals surface area contributed by atoms with Gasteiger partial charge in [-0.25, -0.2) is 18.8 Å². The molecule has 0 saturated heterocycles. The largest absolute Gasteiger partial charge is 0.481 e. The van der Waals surface area contributed by atoms with Gasteiger partial charge in [0.15, 0.2) is 6.61 Å². The third kappa shape index (κ3) is 5.74. The Kier molecular flexibility index (Phi) is 7.57. The van der Waals surface area contributed by atoms with Gasteiger partial charge < -0.3 is 9.47 Å². The Morgan fingerprint density at radius 3 is 2.62 bits per heavy atom. The molecule has 10 heteroatoms.